The van der Waals surface area contributed by atoms with Gasteiger partial charge in [0.2, 0.25) is 0 Å². The summed E-state index contributed by atoms with van der Waals surface area (Å²) in [7, 11) is 0. The third-order valence-electron chi connectivity index (χ3n) is 2.78. The van der Waals surface area contributed by atoms with Crippen LogP contribution in [0.4, 0.5) is 0 Å². The van der Waals surface area contributed by atoms with Crippen molar-refractivity contribution < 1.29 is 4.79 Å². The monoisotopic (exact) mass is 295 g/mol. The SMILES string of the molecule is CCc1nnsc1C(=O)Cc1nc(C(C)(C)C)cs1. The van der Waals surface area contributed by atoms with Crippen LogP contribution in [0.15, 0.2) is 5.38 Å². The minimum absolute atomic E-state index is 0.0262. The molecule has 0 aliphatic carbocycles. The highest BCUT2D eigenvalue weighted by Crippen LogP contribution is 2.25. The van der Waals surface area contributed by atoms with Crippen LogP contribution in [0.3, 0.4) is 0 Å². The Morgan fingerprint density at radius 2 is 2.11 bits per heavy atom. The lowest BCUT2D eigenvalue weighted by molar-refractivity contribution is 0.0995. The maximum atomic E-state index is 12.2. The van der Waals surface area contributed by atoms with Crippen LogP contribution in [-0.4, -0.2) is 20.4 Å². The van der Waals surface area contributed by atoms with Crippen molar-refractivity contribution in [1.29, 1.82) is 0 Å². The van der Waals surface area contributed by atoms with Crippen LogP contribution in [0.5, 0.6) is 0 Å². The molecule has 0 bridgehead atoms. The van der Waals surface area contributed by atoms with Crippen LogP contribution >= 0.6 is 22.9 Å². The summed E-state index contributed by atoms with van der Waals surface area (Å²) in [5.41, 5.74) is 1.86. The van der Waals surface area contributed by atoms with Crippen LogP contribution in [0, 0.1) is 0 Å². The molecule has 102 valence electrons. The number of hydrogen-bond acceptors (Lipinski definition) is 6. The van der Waals surface area contributed by atoms with E-state index in [0.717, 1.165) is 22.8 Å². The number of rotatable bonds is 4. The number of carbonyl (C=O) groups is 1. The van der Waals surface area contributed by atoms with E-state index in [0.29, 0.717) is 11.3 Å². The molecule has 0 saturated carbocycles. The van der Waals surface area contributed by atoms with Crippen LogP contribution in [0.1, 0.15) is 53.8 Å². The number of hydrogen-bond donors (Lipinski definition) is 0. The van der Waals surface area contributed by atoms with Gasteiger partial charge in [-0.3, -0.25) is 4.79 Å². The van der Waals surface area contributed by atoms with E-state index < -0.39 is 0 Å². The van der Waals surface area contributed by atoms with Crippen LogP contribution < -0.4 is 0 Å². The summed E-state index contributed by atoms with van der Waals surface area (Å²) in [5.74, 6) is 0.0710. The molecule has 0 amide bonds. The Kier molecular flexibility index (Phi) is 4.10. The molecule has 0 N–H and O–H groups in total. The van der Waals surface area contributed by atoms with Gasteiger partial charge in [0.1, 0.15) is 9.88 Å². The average molecular weight is 295 g/mol. The summed E-state index contributed by atoms with van der Waals surface area (Å²) in [6.45, 7) is 8.34. The molecular weight excluding hydrogens is 278 g/mol. The van der Waals surface area contributed by atoms with Gasteiger partial charge in [0.05, 0.1) is 17.8 Å². The molecule has 2 rings (SSSR count). The average Bonchev–Trinajstić information content (AvgIpc) is 2.95. The highest BCUT2D eigenvalue weighted by atomic mass is 32.1. The molecule has 0 spiro atoms. The van der Waals surface area contributed by atoms with E-state index in [-0.39, 0.29) is 11.2 Å². The van der Waals surface area contributed by atoms with Crippen molar-refractivity contribution in [2.24, 2.45) is 0 Å². The van der Waals surface area contributed by atoms with Gasteiger partial charge < -0.3 is 0 Å². The van der Waals surface area contributed by atoms with Crippen molar-refractivity contribution in [2.75, 3.05) is 0 Å². The van der Waals surface area contributed by atoms with Gasteiger partial charge in [-0.25, -0.2) is 4.98 Å². The molecule has 0 aromatic carbocycles. The number of carbonyl (C=O) groups excluding carboxylic acids is 1. The van der Waals surface area contributed by atoms with E-state index in [9.17, 15) is 4.79 Å². The van der Waals surface area contributed by atoms with E-state index in [1.807, 2.05) is 12.3 Å². The zero-order chi connectivity index (χ0) is 14.0. The Morgan fingerprint density at radius 3 is 2.68 bits per heavy atom. The molecule has 6 heteroatoms. The normalized spacial score (nSPS) is 11.8. The van der Waals surface area contributed by atoms with Crippen molar-refractivity contribution in [1.82, 2.24) is 14.6 Å². The minimum Gasteiger partial charge on any atom is -0.293 e. The van der Waals surface area contributed by atoms with Gasteiger partial charge in [-0.1, -0.05) is 32.2 Å². The molecule has 0 saturated heterocycles. The van der Waals surface area contributed by atoms with Gasteiger partial charge in [-0.2, -0.15) is 0 Å². The Labute approximate surface area is 121 Å². The number of nitrogens with zero attached hydrogens (tertiary/aromatic N) is 3. The highest BCUT2D eigenvalue weighted by molar-refractivity contribution is 7.10. The first-order valence-electron chi connectivity index (χ1n) is 6.21. The molecule has 0 atom stereocenters. The standard InChI is InChI=1S/C13H17N3OS2/c1-5-8-12(19-16-15-8)9(17)6-11-14-10(7-18-11)13(2,3)4/h7H,5-6H2,1-4H3. The molecule has 0 radical (unpaired) electrons. The lowest BCUT2D eigenvalue weighted by atomic mass is 9.93. The second-order valence-electron chi connectivity index (χ2n) is 5.38. The fourth-order valence-corrected chi connectivity index (χ4v) is 3.31. The molecule has 19 heavy (non-hydrogen) atoms. The topological polar surface area (TPSA) is 55.7 Å². The lowest BCUT2D eigenvalue weighted by Gasteiger charge is -2.14. The molecule has 0 aliphatic heterocycles. The zero-order valence-corrected chi connectivity index (χ0v) is 13.2. The number of Topliss-reactive ketones (excluding diaryl/α,β-unsaturated/α-hetero) is 1. The van der Waals surface area contributed by atoms with Crippen molar-refractivity contribution in [2.45, 2.75) is 46.0 Å². The fourth-order valence-electron chi connectivity index (χ4n) is 1.61. The number of aryl methyl sites for hydroxylation is 1. The Hall–Kier alpha value is -1.14. The van der Waals surface area contributed by atoms with Crippen molar-refractivity contribution >= 4 is 28.7 Å². The van der Waals surface area contributed by atoms with Gasteiger partial charge in [0, 0.05) is 10.8 Å². The first-order valence-corrected chi connectivity index (χ1v) is 7.86. The minimum atomic E-state index is 0.0262. The van der Waals surface area contributed by atoms with Crippen LogP contribution in [-0.2, 0) is 18.3 Å². The lowest BCUT2D eigenvalue weighted by Crippen LogP contribution is -2.12. The van der Waals surface area contributed by atoms with Crippen molar-refractivity contribution in [3.8, 4) is 0 Å². The maximum absolute atomic E-state index is 12.2. The smallest absolute Gasteiger partial charge is 0.183 e. The largest absolute Gasteiger partial charge is 0.293 e. The number of aromatic nitrogens is 3. The van der Waals surface area contributed by atoms with Crippen LogP contribution in [0.2, 0.25) is 0 Å². The number of thiazole rings is 1. The summed E-state index contributed by atoms with van der Waals surface area (Å²) in [6, 6.07) is 0. The van der Waals surface area contributed by atoms with Crippen LogP contribution in [0.25, 0.3) is 0 Å². The Balaban J connectivity index is 2.14. The first-order chi connectivity index (χ1) is 8.91. The highest BCUT2D eigenvalue weighted by Gasteiger charge is 2.20. The van der Waals surface area contributed by atoms with Crippen molar-refractivity contribution in [3.63, 3.8) is 0 Å². The summed E-state index contributed by atoms with van der Waals surface area (Å²) in [6.07, 6.45) is 1.08. The molecule has 2 aromatic rings. The van der Waals surface area contributed by atoms with E-state index >= 15 is 0 Å². The van der Waals surface area contributed by atoms with E-state index in [4.69, 9.17) is 0 Å². The predicted molar refractivity (Wildman–Crippen MR) is 78.1 cm³/mol. The quantitative estimate of drug-likeness (QED) is 0.812. The summed E-state index contributed by atoms with van der Waals surface area (Å²) >= 11 is 2.73. The molecular formula is C13H17N3OS2. The van der Waals surface area contributed by atoms with E-state index in [2.05, 4.69) is 35.3 Å². The summed E-state index contributed by atoms with van der Waals surface area (Å²) < 4.78 is 3.85. The van der Waals surface area contributed by atoms with E-state index in [1.54, 1.807) is 11.3 Å². The molecule has 4 nitrogen and oxygen atoms in total. The van der Waals surface area contributed by atoms with Gasteiger partial charge in [0.15, 0.2) is 5.78 Å². The molecule has 2 aromatic heterocycles. The van der Waals surface area contributed by atoms with Crippen molar-refractivity contribution in [3.05, 3.63) is 26.7 Å². The summed E-state index contributed by atoms with van der Waals surface area (Å²) in [5, 5.41) is 6.87. The van der Waals surface area contributed by atoms with E-state index in [1.165, 1.54) is 11.5 Å². The molecule has 0 fully saturated rings. The second-order valence-corrected chi connectivity index (χ2v) is 7.08. The molecule has 2 heterocycles. The third kappa shape index (κ3) is 3.25. The zero-order valence-electron chi connectivity index (χ0n) is 11.6. The second kappa shape index (κ2) is 5.46. The first kappa shape index (κ1) is 14.3. The van der Waals surface area contributed by atoms with Gasteiger partial charge in [-0.15, -0.1) is 16.4 Å². The third-order valence-corrected chi connectivity index (χ3v) is 4.43. The number of ketones is 1. The molecule has 0 unspecified atom stereocenters. The Morgan fingerprint density at radius 1 is 1.37 bits per heavy atom. The van der Waals surface area contributed by atoms with Gasteiger partial charge in [0.25, 0.3) is 0 Å². The fraction of sp³-hybridized carbons (Fsp3) is 0.538. The molecule has 0 aliphatic rings. The maximum Gasteiger partial charge on any atom is 0.183 e. The van der Waals surface area contributed by atoms with Gasteiger partial charge in [-0.05, 0) is 18.0 Å². The van der Waals surface area contributed by atoms with Gasteiger partial charge >= 0.3 is 0 Å². The summed E-state index contributed by atoms with van der Waals surface area (Å²) in [4.78, 5) is 17.4. The Bertz CT molecular complexity index is 581. The predicted octanol–water partition coefficient (Wildman–Crippen LogP) is 3.28.